The number of carbonyl (C=O) groups excluding carboxylic acids is 1. The molecule has 1 amide bonds. The molecule has 5 nitrogen and oxygen atoms in total. The highest BCUT2D eigenvalue weighted by Crippen LogP contribution is 2.36. The molecule has 0 radical (unpaired) electrons. The topological polar surface area (TPSA) is 69.6 Å². The van der Waals surface area contributed by atoms with Gasteiger partial charge in [-0.15, -0.1) is 0 Å². The van der Waals surface area contributed by atoms with E-state index in [1.807, 2.05) is 0 Å². The number of amides is 1. The molecule has 0 aromatic rings. The first kappa shape index (κ1) is 14.3. The van der Waals surface area contributed by atoms with Gasteiger partial charge in [-0.25, -0.2) is 0 Å². The van der Waals surface area contributed by atoms with Gasteiger partial charge in [-0.3, -0.25) is 9.59 Å². The van der Waals surface area contributed by atoms with Crippen LogP contribution in [0.3, 0.4) is 0 Å². The molecule has 2 fully saturated rings. The van der Waals surface area contributed by atoms with E-state index in [-0.39, 0.29) is 12.3 Å². The lowest BCUT2D eigenvalue weighted by Gasteiger charge is -2.44. The average molecular weight is 268 g/mol. The van der Waals surface area contributed by atoms with Crippen LogP contribution in [0, 0.1) is 0 Å². The van der Waals surface area contributed by atoms with E-state index in [0.717, 1.165) is 44.9 Å². The molecular weight excluding hydrogens is 244 g/mol. The second-order valence-electron chi connectivity index (χ2n) is 5.96. The molecule has 0 heterocycles. The summed E-state index contributed by atoms with van der Waals surface area (Å²) in [6.07, 6.45) is 7.16. The maximum absolute atomic E-state index is 12.2. The highest BCUT2D eigenvalue weighted by atomic mass is 16.4. The molecule has 2 rings (SSSR count). The highest BCUT2D eigenvalue weighted by molar-refractivity contribution is 5.80. The third-order valence-electron chi connectivity index (χ3n) is 4.47. The van der Waals surface area contributed by atoms with E-state index in [0.29, 0.717) is 12.6 Å². The van der Waals surface area contributed by atoms with E-state index in [1.54, 1.807) is 11.9 Å². The van der Waals surface area contributed by atoms with Gasteiger partial charge in [0.05, 0.1) is 18.5 Å². The van der Waals surface area contributed by atoms with Crippen LogP contribution in [-0.2, 0) is 9.59 Å². The number of likely N-dealkylation sites (N-methyl/N-ethyl adjacent to an activating group) is 1. The van der Waals surface area contributed by atoms with Crippen LogP contribution < -0.4 is 5.32 Å². The van der Waals surface area contributed by atoms with Crippen molar-refractivity contribution in [2.45, 2.75) is 62.9 Å². The number of nitrogens with one attached hydrogen (secondary N) is 1. The fraction of sp³-hybridized carbons (Fsp3) is 0.857. The number of carboxylic acids is 1. The Kier molecular flexibility index (Phi) is 4.45. The number of hydrogen-bond donors (Lipinski definition) is 2. The van der Waals surface area contributed by atoms with Crippen LogP contribution >= 0.6 is 0 Å². The van der Waals surface area contributed by atoms with Gasteiger partial charge in [-0.1, -0.05) is 19.3 Å². The molecule has 0 aliphatic heterocycles. The Hall–Kier alpha value is -1.10. The monoisotopic (exact) mass is 268 g/mol. The van der Waals surface area contributed by atoms with Gasteiger partial charge in [0, 0.05) is 13.1 Å². The summed E-state index contributed by atoms with van der Waals surface area (Å²) in [6.45, 7) is 0.336. The van der Waals surface area contributed by atoms with Crippen LogP contribution in [0.2, 0.25) is 0 Å². The summed E-state index contributed by atoms with van der Waals surface area (Å²) in [6, 6.07) is 0.499. The molecule has 0 unspecified atom stereocenters. The van der Waals surface area contributed by atoms with Crippen molar-refractivity contribution < 1.29 is 14.7 Å². The summed E-state index contributed by atoms with van der Waals surface area (Å²) in [5, 5.41) is 12.3. The molecule has 0 aromatic carbocycles. The molecule has 2 N–H and O–H groups in total. The molecule has 0 aromatic heterocycles. The number of carboxylic acid groups (broad SMARTS) is 1. The Labute approximate surface area is 114 Å². The lowest BCUT2D eigenvalue weighted by atomic mass is 9.78. The molecule has 0 spiro atoms. The van der Waals surface area contributed by atoms with Crippen LogP contribution in [0.4, 0.5) is 0 Å². The van der Waals surface area contributed by atoms with Gasteiger partial charge in [0.15, 0.2) is 0 Å². The number of hydrogen-bond acceptors (Lipinski definition) is 3. The van der Waals surface area contributed by atoms with E-state index >= 15 is 0 Å². The molecule has 0 bridgehead atoms. The zero-order valence-electron chi connectivity index (χ0n) is 11.7. The SMILES string of the molecule is CN(C(=O)CNC1CC1)C1(CC(=O)O)CCCCC1. The molecule has 0 saturated heterocycles. The second kappa shape index (κ2) is 5.90. The molecule has 2 aliphatic rings. The first-order valence-corrected chi connectivity index (χ1v) is 7.25. The summed E-state index contributed by atoms with van der Waals surface area (Å²) >= 11 is 0. The van der Waals surface area contributed by atoms with Gasteiger partial charge in [0.2, 0.25) is 5.91 Å². The van der Waals surface area contributed by atoms with Gasteiger partial charge >= 0.3 is 5.97 Å². The second-order valence-corrected chi connectivity index (χ2v) is 5.96. The smallest absolute Gasteiger partial charge is 0.305 e. The van der Waals surface area contributed by atoms with Gasteiger partial charge in [0.1, 0.15) is 0 Å². The number of aliphatic carboxylic acids is 1. The summed E-state index contributed by atoms with van der Waals surface area (Å²) < 4.78 is 0. The summed E-state index contributed by atoms with van der Waals surface area (Å²) in [5.41, 5.74) is -0.466. The quantitative estimate of drug-likeness (QED) is 0.763. The van der Waals surface area contributed by atoms with E-state index < -0.39 is 11.5 Å². The highest BCUT2D eigenvalue weighted by Gasteiger charge is 2.40. The number of nitrogens with zero attached hydrogens (tertiary/aromatic N) is 1. The Balaban J connectivity index is 1.98. The standard InChI is InChI=1S/C14H24N2O3/c1-16(12(17)10-15-11-5-6-11)14(9-13(18)19)7-3-2-4-8-14/h11,15H,2-10H2,1H3,(H,18,19). The maximum Gasteiger partial charge on any atom is 0.305 e. The lowest BCUT2D eigenvalue weighted by Crippen LogP contribution is -2.54. The minimum absolute atomic E-state index is 0.0232. The average Bonchev–Trinajstić information content (AvgIpc) is 3.19. The van der Waals surface area contributed by atoms with Crippen LogP contribution in [0.25, 0.3) is 0 Å². The fourth-order valence-electron chi connectivity index (χ4n) is 3.02. The minimum atomic E-state index is -0.809. The molecule has 0 atom stereocenters. The first-order valence-electron chi connectivity index (χ1n) is 7.25. The Morgan fingerprint density at radius 1 is 1.26 bits per heavy atom. The van der Waals surface area contributed by atoms with Gasteiger partial charge in [0.25, 0.3) is 0 Å². The molecule has 19 heavy (non-hydrogen) atoms. The van der Waals surface area contributed by atoms with Crippen molar-refractivity contribution in [2.24, 2.45) is 0 Å². The summed E-state index contributed by atoms with van der Waals surface area (Å²) in [5.74, 6) is -0.785. The maximum atomic E-state index is 12.2. The summed E-state index contributed by atoms with van der Waals surface area (Å²) in [7, 11) is 1.77. The Morgan fingerprint density at radius 3 is 2.42 bits per heavy atom. The Bertz CT molecular complexity index is 347. The van der Waals surface area contributed by atoms with Gasteiger partial charge < -0.3 is 15.3 Å². The van der Waals surface area contributed by atoms with E-state index in [1.165, 1.54) is 0 Å². The molecule has 2 aliphatic carbocycles. The predicted molar refractivity (Wildman–Crippen MR) is 71.9 cm³/mol. The molecule has 2 saturated carbocycles. The minimum Gasteiger partial charge on any atom is -0.481 e. The van der Waals surface area contributed by atoms with Crippen molar-refractivity contribution in [3.8, 4) is 0 Å². The van der Waals surface area contributed by atoms with E-state index in [9.17, 15) is 9.59 Å². The predicted octanol–water partition coefficient (Wildman–Crippen LogP) is 1.37. The molecule has 5 heteroatoms. The van der Waals surface area contributed by atoms with E-state index in [2.05, 4.69) is 5.32 Å². The van der Waals surface area contributed by atoms with Crippen molar-refractivity contribution in [1.82, 2.24) is 10.2 Å². The summed E-state index contributed by atoms with van der Waals surface area (Å²) in [4.78, 5) is 25.1. The normalized spacial score (nSPS) is 21.9. The number of rotatable bonds is 6. The van der Waals surface area contributed by atoms with Gasteiger partial charge in [-0.2, -0.15) is 0 Å². The zero-order valence-corrected chi connectivity index (χ0v) is 11.7. The van der Waals surface area contributed by atoms with E-state index in [4.69, 9.17) is 5.11 Å². The largest absolute Gasteiger partial charge is 0.481 e. The van der Waals surface area contributed by atoms with Crippen LogP contribution in [0.1, 0.15) is 51.4 Å². The van der Waals surface area contributed by atoms with Crippen molar-refractivity contribution >= 4 is 11.9 Å². The zero-order chi connectivity index (χ0) is 13.9. The van der Waals surface area contributed by atoms with Crippen LogP contribution in [-0.4, -0.2) is 47.1 Å². The van der Waals surface area contributed by atoms with Crippen molar-refractivity contribution in [2.75, 3.05) is 13.6 Å². The van der Waals surface area contributed by atoms with Gasteiger partial charge in [-0.05, 0) is 25.7 Å². The fourth-order valence-corrected chi connectivity index (χ4v) is 3.02. The van der Waals surface area contributed by atoms with Crippen molar-refractivity contribution in [1.29, 1.82) is 0 Å². The third kappa shape index (κ3) is 3.69. The number of carbonyl (C=O) groups is 2. The first-order chi connectivity index (χ1) is 9.03. The molecular formula is C14H24N2O3. The van der Waals surface area contributed by atoms with Crippen LogP contribution in [0.15, 0.2) is 0 Å². The Morgan fingerprint density at radius 2 is 1.89 bits per heavy atom. The van der Waals surface area contributed by atoms with Crippen LogP contribution in [0.5, 0.6) is 0 Å². The van der Waals surface area contributed by atoms with Crippen molar-refractivity contribution in [3.63, 3.8) is 0 Å². The van der Waals surface area contributed by atoms with Crippen molar-refractivity contribution in [3.05, 3.63) is 0 Å². The molecule has 108 valence electrons. The third-order valence-corrected chi connectivity index (χ3v) is 4.47. The lowest BCUT2D eigenvalue weighted by molar-refractivity contribution is -0.145.